The number of carbonyl (C=O) groups is 1. The highest BCUT2D eigenvalue weighted by molar-refractivity contribution is 7.16. The van der Waals surface area contributed by atoms with E-state index >= 15 is 0 Å². The highest BCUT2D eigenvalue weighted by Crippen LogP contribution is 2.39. The molecule has 1 aromatic heterocycles. The standard InChI is InChI=1S/C26H29ClN2OS/c1-17-13-15-29(16-14-17)24(20-9-11-22(27)12-10-20)23-18(2)19(3)31-26(23)28-25(30)21-7-5-4-6-8-21/h4-12,17,24H,13-16H2,1-3H3,(H,28,30)/p+1/t24-/m1/s1. The summed E-state index contributed by atoms with van der Waals surface area (Å²) < 4.78 is 0. The predicted molar refractivity (Wildman–Crippen MR) is 131 cm³/mol. The monoisotopic (exact) mass is 453 g/mol. The van der Waals surface area contributed by atoms with Gasteiger partial charge in [0.15, 0.2) is 0 Å². The average molecular weight is 454 g/mol. The summed E-state index contributed by atoms with van der Waals surface area (Å²) in [5, 5.41) is 4.96. The van der Waals surface area contributed by atoms with Gasteiger partial charge in [-0.25, -0.2) is 0 Å². The average Bonchev–Trinajstić information content (AvgIpc) is 3.05. The summed E-state index contributed by atoms with van der Waals surface area (Å²) in [6, 6.07) is 17.9. The number of quaternary nitrogens is 1. The fourth-order valence-electron chi connectivity index (χ4n) is 4.53. The molecule has 0 radical (unpaired) electrons. The largest absolute Gasteiger partial charge is 0.325 e. The Morgan fingerprint density at radius 1 is 1.06 bits per heavy atom. The molecule has 3 nitrogen and oxygen atoms in total. The summed E-state index contributed by atoms with van der Waals surface area (Å²) in [6.07, 6.45) is 2.46. The second-order valence-corrected chi connectivity index (χ2v) is 10.3. The van der Waals surface area contributed by atoms with Crippen LogP contribution in [0.5, 0.6) is 0 Å². The summed E-state index contributed by atoms with van der Waals surface area (Å²) in [5.74, 6) is 0.720. The van der Waals surface area contributed by atoms with E-state index in [0.29, 0.717) is 5.56 Å². The SMILES string of the molecule is Cc1sc(NC(=O)c2ccccc2)c([C@@H](c2ccc(Cl)cc2)[NH+]2CCC(C)CC2)c1C. The Balaban J connectivity index is 1.75. The van der Waals surface area contributed by atoms with Gasteiger partial charge in [-0.15, -0.1) is 11.3 Å². The van der Waals surface area contributed by atoms with Crippen LogP contribution in [-0.4, -0.2) is 19.0 Å². The van der Waals surface area contributed by atoms with Crippen LogP contribution >= 0.6 is 22.9 Å². The lowest BCUT2D eigenvalue weighted by atomic mass is 9.91. The molecule has 31 heavy (non-hydrogen) atoms. The lowest BCUT2D eigenvalue weighted by Crippen LogP contribution is -3.13. The van der Waals surface area contributed by atoms with Crippen LogP contribution in [0.3, 0.4) is 0 Å². The number of anilines is 1. The van der Waals surface area contributed by atoms with Gasteiger partial charge >= 0.3 is 0 Å². The minimum atomic E-state index is -0.0553. The molecule has 5 heteroatoms. The van der Waals surface area contributed by atoms with Gasteiger partial charge in [-0.3, -0.25) is 4.79 Å². The van der Waals surface area contributed by atoms with Crippen molar-refractivity contribution in [2.75, 3.05) is 18.4 Å². The van der Waals surface area contributed by atoms with Gasteiger partial charge in [-0.05, 0) is 62.4 Å². The lowest BCUT2D eigenvalue weighted by molar-refractivity contribution is -0.931. The summed E-state index contributed by atoms with van der Waals surface area (Å²) in [5.41, 5.74) is 4.46. The minimum Gasteiger partial charge on any atom is -0.325 e. The molecule has 1 aliphatic heterocycles. The zero-order valence-corrected chi connectivity index (χ0v) is 19.9. The number of hydrogen-bond acceptors (Lipinski definition) is 2. The number of benzene rings is 2. The van der Waals surface area contributed by atoms with E-state index in [1.807, 2.05) is 42.5 Å². The third kappa shape index (κ3) is 4.87. The molecule has 0 saturated carbocycles. The van der Waals surface area contributed by atoms with Crippen LogP contribution in [0, 0.1) is 19.8 Å². The molecule has 0 aliphatic carbocycles. The number of carbonyl (C=O) groups excluding carboxylic acids is 1. The molecule has 0 spiro atoms. The maximum Gasteiger partial charge on any atom is 0.256 e. The maximum atomic E-state index is 13.0. The summed E-state index contributed by atoms with van der Waals surface area (Å²) in [7, 11) is 0. The molecule has 1 atom stereocenters. The number of hydrogen-bond donors (Lipinski definition) is 2. The summed E-state index contributed by atoms with van der Waals surface area (Å²) in [6.45, 7) is 8.95. The first-order valence-corrected chi connectivity index (χ1v) is 12.2. The molecule has 0 bridgehead atoms. The molecule has 2 N–H and O–H groups in total. The molecule has 1 amide bonds. The second-order valence-electron chi connectivity index (χ2n) is 8.67. The third-order valence-corrected chi connectivity index (χ3v) is 7.90. The molecule has 1 fully saturated rings. The smallest absolute Gasteiger partial charge is 0.256 e. The van der Waals surface area contributed by atoms with Gasteiger partial charge in [0.1, 0.15) is 11.0 Å². The van der Waals surface area contributed by atoms with E-state index in [0.717, 1.165) is 29.0 Å². The normalized spacial score (nSPS) is 19.7. The van der Waals surface area contributed by atoms with Crippen molar-refractivity contribution in [2.45, 2.75) is 39.7 Å². The van der Waals surface area contributed by atoms with Gasteiger partial charge in [-0.2, -0.15) is 0 Å². The van der Waals surface area contributed by atoms with Gasteiger partial charge in [0.25, 0.3) is 5.91 Å². The van der Waals surface area contributed by atoms with Crippen molar-refractivity contribution in [3.8, 4) is 0 Å². The Morgan fingerprint density at radius 2 is 1.71 bits per heavy atom. The number of nitrogens with one attached hydrogen (secondary N) is 2. The quantitative estimate of drug-likeness (QED) is 0.512. The second kappa shape index (κ2) is 9.56. The number of thiophene rings is 1. The van der Waals surface area contributed by atoms with E-state index in [4.69, 9.17) is 11.6 Å². The maximum absolute atomic E-state index is 13.0. The number of likely N-dealkylation sites (tertiary alicyclic amines) is 1. The zero-order valence-electron chi connectivity index (χ0n) is 18.4. The van der Waals surface area contributed by atoms with Gasteiger partial charge in [0.05, 0.1) is 18.7 Å². The van der Waals surface area contributed by atoms with E-state index in [2.05, 4.69) is 38.2 Å². The molecule has 2 heterocycles. The fourth-order valence-corrected chi connectivity index (χ4v) is 5.75. The molecular formula is C26H30ClN2OS+. The van der Waals surface area contributed by atoms with Gasteiger partial charge in [-0.1, -0.05) is 48.9 Å². The van der Waals surface area contributed by atoms with Gasteiger partial charge in [0.2, 0.25) is 0 Å². The first-order valence-electron chi connectivity index (χ1n) is 11.0. The van der Waals surface area contributed by atoms with Crippen LogP contribution in [0.25, 0.3) is 0 Å². The molecule has 3 aromatic rings. The Morgan fingerprint density at radius 3 is 2.35 bits per heavy atom. The van der Waals surface area contributed by atoms with E-state index in [9.17, 15) is 4.79 Å². The van der Waals surface area contributed by atoms with E-state index < -0.39 is 0 Å². The minimum absolute atomic E-state index is 0.0553. The number of rotatable bonds is 5. The van der Waals surface area contributed by atoms with Crippen LogP contribution in [0.15, 0.2) is 54.6 Å². The summed E-state index contributed by atoms with van der Waals surface area (Å²) in [4.78, 5) is 15.8. The highest BCUT2D eigenvalue weighted by Gasteiger charge is 2.34. The molecule has 0 unspecified atom stereocenters. The first-order chi connectivity index (χ1) is 14.9. The van der Waals surface area contributed by atoms with Crippen LogP contribution in [0.1, 0.15) is 57.7 Å². The topological polar surface area (TPSA) is 33.5 Å². The molecular weight excluding hydrogens is 424 g/mol. The van der Waals surface area contributed by atoms with Crippen LogP contribution < -0.4 is 10.2 Å². The number of halogens is 1. The van der Waals surface area contributed by atoms with Crippen molar-refractivity contribution >= 4 is 33.8 Å². The van der Waals surface area contributed by atoms with Crippen molar-refractivity contribution in [2.24, 2.45) is 5.92 Å². The molecule has 1 aliphatic rings. The Labute approximate surface area is 194 Å². The van der Waals surface area contributed by atoms with Gasteiger partial charge < -0.3 is 10.2 Å². The van der Waals surface area contributed by atoms with Crippen LogP contribution in [0.2, 0.25) is 5.02 Å². The van der Waals surface area contributed by atoms with Crippen molar-refractivity contribution in [1.29, 1.82) is 0 Å². The Hall–Kier alpha value is -2.14. The van der Waals surface area contributed by atoms with Crippen molar-refractivity contribution in [3.05, 3.63) is 86.8 Å². The van der Waals surface area contributed by atoms with Gasteiger partial charge in [0, 0.05) is 21.0 Å². The van der Waals surface area contributed by atoms with Crippen LogP contribution in [0.4, 0.5) is 5.00 Å². The third-order valence-electron chi connectivity index (χ3n) is 6.51. The predicted octanol–water partition coefficient (Wildman–Crippen LogP) is 5.67. The fraction of sp³-hybridized carbons (Fsp3) is 0.346. The van der Waals surface area contributed by atoms with Crippen molar-refractivity contribution in [1.82, 2.24) is 0 Å². The highest BCUT2D eigenvalue weighted by atomic mass is 35.5. The Kier molecular flexibility index (Phi) is 6.80. The van der Waals surface area contributed by atoms with E-state index in [1.54, 1.807) is 16.2 Å². The molecule has 2 aromatic carbocycles. The van der Waals surface area contributed by atoms with Crippen LogP contribution in [-0.2, 0) is 0 Å². The lowest BCUT2D eigenvalue weighted by Gasteiger charge is -2.35. The number of piperidine rings is 1. The molecule has 1 saturated heterocycles. The number of amides is 1. The zero-order chi connectivity index (χ0) is 22.0. The first kappa shape index (κ1) is 22.1. The molecule has 4 rings (SSSR count). The van der Waals surface area contributed by atoms with E-state index in [-0.39, 0.29) is 11.9 Å². The number of aryl methyl sites for hydroxylation is 1. The van der Waals surface area contributed by atoms with Crippen molar-refractivity contribution in [3.63, 3.8) is 0 Å². The summed E-state index contributed by atoms with van der Waals surface area (Å²) >= 11 is 7.89. The van der Waals surface area contributed by atoms with Crippen molar-refractivity contribution < 1.29 is 9.69 Å². The molecule has 162 valence electrons. The van der Waals surface area contributed by atoms with E-state index in [1.165, 1.54) is 34.4 Å². The Bertz CT molecular complexity index is 1040.